The van der Waals surface area contributed by atoms with E-state index in [-0.39, 0.29) is 0 Å². The van der Waals surface area contributed by atoms with Crippen LogP contribution in [0.4, 0.5) is 0 Å². The van der Waals surface area contributed by atoms with Crippen molar-refractivity contribution in [2.45, 2.75) is 70.1 Å². The maximum Gasteiger partial charge on any atom is 0.0241 e. The lowest BCUT2D eigenvalue weighted by atomic mass is 9.45. The Morgan fingerprint density at radius 1 is 1.32 bits per heavy atom. The molecule has 4 unspecified atom stereocenters. The van der Waals surface area contributed by atoms with Gasteiger partial charge in [-0.05, 0) is 42.4 Å². The molecule has 0 saturated heterocycles. The van der Waals surface area contributed by atoms with Crippen molar-refractivity contribution in [1.29, 1.82) is 0 Å². The Morgan fingerprint density at radius 3 is 2.42 bits per heavy atom. The van der Waals surface area contributed by atoms with Crippen LogP contribution < -0.4 is 0 Å². The van der Waals surface area contributed by atoms with E-state index in [0.717, 1.165) is 21.7 Å². The van der Waals surface area contributed by atoms with Gasteiger partial charge in [-0.1, -0.05) is 81.2 Å². The molecular formula is C18H29I. The largest absolute Gasteiger partial charge is 0.0813 e. The topological polar surface area (TPSA) is 0 Å². The van der Waals surface area contributed by atoms with E-state index in [4.69, 9.17) is 0 Å². The van der Waals surface area contributed by atoms with Crippen LogP contribution >= 0.6 is 22.6 Å². The smallest absolute Gasteiger partial charge is 0.0241 e. The van der Waals surface area contributed by atoms with Crippen LogP contribution in [0.3, 0.4) is 0 Å². The minimum Gasteiger partial charge on any atom is -0.0813 e. The second-order valence-electron chi connectivity index (χ2n) is 7.55. The molecule has 5 atom stereocenters. The van der Waals surface area contributed by atoms with Gasteiger partial charge in [-0.2, -0.15) is 0 Å². The van der Waals surface area contributed by atoms with Gasteiger partial charge in [0.25, 0.3) is 0 Å². The van der Waals surface area contributed by atoms with Crippen molar-refractivity contribution in [1.82, 2.24) is 0 Å². The molecule has 1 heteroatoms. The molecule has 2 bridgehead atoms. The fourth-order valence-electron chi connectivity index (χ4n) is 5.57. The molecule has 4 aliphatic carbocycles. The van der Waals surface area contributed by atoms with E-state index in [1.54, 1.807) is 5.57 Å². The van der Waals surface area contributed by atoms with Gasteiger partial charge in [0.1, 0.15) is 0 Å². The predicted octanol–water partition coefficient (Wildman–Crippen LogP) is 6.00. The van der Waals surface area contributed by atoms with Crippen LogP contribution in [0.5, 0.6) is 0 Å². The molecule has 2 saturated carbocycles. The summed E-state index contributed by atoms with van der Waals surface area (Å²) in [5.74, 6) is 2.81. The highest BCUT2D eigenvalue weighted by Gasteiger charge is 2.71. The van der Waals surface area contributed by atoms with E-state index < -0.39 is 0 Å². The molecule has 108 valence electrons. The zero-order chi connectivity index (χ0) is 13.8. The summed E-state index contributed by atoms with van der Waals surface area (Å²) in [5.41, 5.74) is 3.08. The Morgan fingerprint density at radius 2 is 1.95 bits per heavy atom. The number of hydrogen-bond donors (Lipinski definition) is 0. The minimum absolute atomic E-state index is 0.589. The molecule has 0 aromatic rings. The van der Waals surface area contributed by atoms with Crippen LogP contribution in [-0.2, 0) is 0 Å². The molecule has 0 N–H and O–H groups in total. The van der Waals surface area contributed by atoms with Crippen molar-refractivity contribution in [2.75, 3.05) is 0 Å². The lowest BCUT2D eigenvalue weighted by Crippen LogP contribution is -2.51. The second-order valence-corrected chi connectivity index (χ2v) is 8.89. The summed E-state index contributed by atoms with van der Waals surface area (Å²) in [5, 5.41) is 0. The maximum atomic E-state index is 2.72. The first-order valence-electron chi connectivity index (χ1n) is 8.37. The van der Waals surface area contributed by atoms with Crippen molar-refractivity contribution in [2.24, 2.45) is 28.6 Å². The van der Waals surface area contributed by atoms with Crippen LogP contribution in [0.2, 0.25) is 0 Å². The second kappa shape index (κ2) is 4.74. The Kier molecular flexibility index (Phi) is 3.60. The van der Waals surface area contributed by atoms with Gasteiger partial charge in [0.2, 0.25) is 0 Å². The number of rotatable bonds is 5. The van der Waals surface area contributed by atoms with Gasteiger partial charge in [0.15, 0.2) is 0 Å². The molecule has 0 aliphatic heterocycles. The van der Waals surface area contributed by atoms with Gasteiger partial charge in [0, 0.05) is 9.34 Å². The molecule has 0 amide bonds. The summed E-state index contributed by atoms with van der Waals surface area (Å²) in [4.78, 5) is 0. The van der Waals surface area contributed by atoms with E-state index >= 15 is 0 Å². The highest BCUT2D eigenvalue weighted by Crippen LogP contribution is 2.76. The summed E-state index contributed by atoms with van der Waals surface area (Å²) in [6.45, 7) is 9.85. The predicted molar refractivity (Wildman–Crippen MR) is 91.6 cm³/mol. The van der Waals surface area contributed by atoms with Gasteiger partial charge in [-0.25, -0.2) is 0 Å². The van der Waals surface area contributed by atoms with E-state index in [1.807, 2.05) is 0 Å². The fraction of sp³-hybridized carbons (Fsp3) is 0.889. The molecule has 1 spiro atoms. The normalized spacial score (nSPS) is 48.7. The number of hydrogen-bond acceptors (Lipinski definition) is 0. The van der Waals surface area contributed by atoms with Crippen LogP contribution in [-0.4, -0.2) is 3.92 Å². The molecule has 0 nitrogen and oxygen atoms in total. The summed E-state index contributed by atoms with van der Waals surface area (Å²) in [7, 11) is 0. The molecule has 2 fully saturated rings. The van der Waals surface area contributed by atoms with E-state index in [9.17, 15) is 0 Å². The van der Waals surface area contributed by atoms with Crippen molar-refractivity contribution in [3.05, 3.63) is 11.6 Å². The third-order valence-electron chi connectivity index (χ3n) is 6.99. The molecule has 0 aromatic carbocycles. The monoisotopic (exact) mass is 372 g/mol. The standard InChI is InChI=1S/C18H29I/c1-5-7-8-15(6-2)17-9-14(10-17)11-18(13(17)4)12(3)16(18)19/h11-13,15-16H,5-10H2,1-4H3/t12?,13?,15?,16-,18?/m1/s1. The minimum atomic E-state index is 0.589. The fourth-order valence-corrected chi connectivity index (χ4v) is 7.27. The highest BCUT2D eigenvalue weighted by atomic mass is 127. The van der Waals surface area contributed by atoms with Crippen molar-refractivity contribution in [3.8, 4) is 0 Å². The molecule has 0 heterocycles. The summed E-state index contributed by atoms with van der Waals surface area (Å²) in [6, 6.07) is 0. The number of halogens is 1. The SMILES string of the molecule is CCCCC(CC)C12CC(=CC3(C(C)[C@H]3I)C1C)C2. The van der Waals surface area contributed by atoms with Gasteiger partial charge in [-0.15, -0.1) is 0 Å². The third-order valence-corrected chi connectivity index (χ3v) is 9.14. The number of alkyl halides is 1. The lowest BCUT2D eigenvalue weighted by Gasteiger charge is -2.60. The number of unbranched alkanes of at least 4 members (excludes halogenated alkanes) is 1. The van der Waals surface area contributed by atoms with Crippen LogP contribution in [0.1, 0.15) is 66.2 Å². The Labute approximate surface area is 132 Å². The van der Waals surface area contributed by atoms with Crippen molar-refractivity contribution in [3.63, 3.8) is 0 Å². The zero-order valence-corrected chi connectivity index (χ0v) is 15.2. The Bertz CT molecular complexity index is 378. The van der Waals surface area contributed by atoms with E-state index in [0.29, 0.717) is 10.8 Å². The average molecular weight is 372 g/mol. The maximum absolute atomic E-state index is 2.72. The summed E-state index contributed by atoms with van der Waals surface area (Å²) < 4.78 is 0.902. The zero-order valence-electron chi connectivity index (χ0n) is 13.0. The average Bonchev–Trinajstić information content (AvgIpc) is 2.86. The highest BCUT2D eigenvalue weighted by molar-refractivity contribution is 14.1. The molecule has 4 aliphatic rings. The summed E-state index contributed by atoms with van der Waals surface area (Å²) >= 11 is 2.72. The van der Waals surface area contributed by atoms with Crippen molar-refractivity contribution < 1.29 is 0 Å². The quantitative estimate of drug-likeness (QED) is 0.315. The van der Waals surface area contributed by atoms with E-state index in [1.165, 1.54) is 38.5 Å². The van der Waals surface area contributed by atoms with Crippen LogP contribution in [0, 0.1) is 28.6 Å². The summed E-state index contributed by atoms with van der Waals surface area (Å²) in [6.07, 6.45) is 11.3. The van der Waals surface area contributed by atoms with Gasteiger partial charge < -0.3 is 0 Å². The Hall–Kier alpha value is 0.470. The van der Waals surface area contributed by atoms with E-state index in [2.05, 4.69) is 56.4 Å². The lowest BCUT2D eigenvalue weighted by molar-refractivity contribution is -0.0244. The van der Waals surface area contributed by atoms with Gasteiger partial charge in [0.05, 0.1) is 0 Å². The first kappa shape index (κ1) is 14.4. The first-order chi connectivity index (χ1) is 9.02. The molecular weight excluding hydrogens is 343 g/mol. The molecule has 0 aromatic heterocycles. The Balaban J connectivity index is 1.85. The van der Waals surface area contributed by atoms with Crippen LogP contribution in [0.15, 0.2) is 11.6 Å². The van der Waals surface area contributed by atoms with Gasteiger partial charge in [-0.3, -0.25) is 0 Å². The van der Waals surface area contributed by atoms with Crippen molar-refractivity contribution >= 4 is 22.6 Å². The first-order valence-corrected chi connectivity index (χ1v) is 9.62. The molecule has 19 heavy (non-hydrogen) atoms. The van der Waals surface area contributed by atoms with Crippen LogP contribution in [0.25, 0.3) is 0 Å². The molecule has 4 rings (SSSR count). The van der Waals surface area contributed by atoms with Gasteiger partial charge >= 0.3 is 0 Å². The third kappa shape index (κ3) is 1.75. The molecule has 0 radical (unpaired) electrons. The number of allylic oxidation sites excluding steroid dienone is 2.